The summed E-state index contributed by atoms with van der Waals surface area (Å²) < 4.78 is 12.0. The van der Waals surface area contributed by atoms with Gasteiger partial charge in [-0.05, 0) is 43.2 Å². The van der Waals surface area contributed by atoms with E-state index in [2.05, 4.69) is 5.32 Å². The number of hydrogen-bond acceptors (Lipinski definition) is 4. The maximum Gasteiger partial charge on any atom is 0.319 e. The molecule has 0 saturated carbocycles. The average molecular weight is 464 g/mol. The van der Waals surface area contributed by atoms with Gasteiger partial charge in [0.2, 0.25) is 6.10 Å². The molecule has 4 aromatic carbocycles. The Labute approximate surface area is 204 Å². The molecule has 0 fully saturated rings. The summed E-state index contributed by atoms with van der Waals surface area (Å²) >= 11 is 0. The van der Waals surface area contributed by atoms with Crippen LogP contribution in [0, 0.1) is 13.8 Å². The zero-order chi connectivity index (χ0) is 24.4. The van der Waals surface area contributed by atoms with Gasteiger partial charge in [0.15, 0.2) is 0 Å². The minimum Gasteiger partial charge on any atom is -0.457 e. The van der Waals surface area contributed by atoms with Crippen LogP contribution in [-0.2, 0) is 14.3 Å². The first kappa shape index (κ1) is 22.4. The third-order valence-electron chi connectivity index (χ3n) is 6.14. The standard InChI is InChI=1S/C30H25NO4/c1-19-16-17-20(2)24(18-19)31-29(32)28(21-10-4-3-5-11-21)35-30(33)27-22-12-6-8-14-25(22)34-26-15-9-7-13-23(26)27/h3-18,27-28H,1-2H3,(H,31,32)/t28-/m0/s1. The molecule has 0 spiro atoms. The van der Waals surface area contributed by atoms with Gasteiger partial charge in [0.25, 0.3) is 5.91 Å². The molecule has 174 valence electrons. The number of para-hydroxylation sites is 2. The highest BCUT2D eigenvalue weighted by molar-refractivity contribution is 5.97. The first-order valence-electron chi connectivity index (χ1n) is 11.5. The molecule has 5 nitrogen and oxygen atoms in total. The molecular weight excluding hydrogens is 438 g/mol. The van der Waals surface area contributed by atoms with Crippen molar-refractivity contribution in [3.8, 4) is 11.5 Å². The van der Waals surface area contributed by atoms with Gasteiger partial charge in [-0.2, -0.15) is 0 Å². The molecule has 0 radical (unpaired) electrons. The molecule has 35 heavy (non-hydrogen) atoms. The molecule has 1 atom stereocenters. The minimum atomic E-state index is -1.12. The van der Waals surface area contributed by atoms with Gasteiger partial charge in [-0.15, -0.1) is 0 Å². The Morgan fingerprint density at radius 3 is 2.06 bits per heavy atom. The lowest BCUT2D eigenvalue weighted by Crippen LogP contribution is -2.29. The summed E-state index contributed by atoms with van der Waals surface area (Å²) in [5, 5.41) is 2.96. The highest BCUT2D eigenvalue weighted by Crippen LogP contribution is 2.45. The van der Waals surface area contributed by atoms with Gasteiger partial charge in [0.05, 0.1) is 0 Å². The fraction of sp³-hybridized carbons (Fsp3) is 0.133. The summed E-state index contributed by atoms with van der Waals surface area (Å²) in [7, 11) is 0. The number of ether oxygens (including phenoxy) is 2. The summed E-state index contributed by atoms with van der Waals surface area (Å²) in [6.07, 6.45) is -1.12. The summed E-state index contributed by atoms with van der Waals surface area (Å²) in [6, 6.07) is 29.7. The van der Waals surface area contributed by atoms with Crippen molar-refractivity contribution in [1.82, 2.24) is 0 Å². The van der Waals surface area contributed by atoms with Crippen LogP contribution in [0.5, 0.6) is 11.5 Å². The van der Waals surface area contributed by atoms with Gasteiger partial charge in [0.1, 0.15) is 17.4 Å². The van der Waals surface area contributed by atoms with Crippen LogP contribution in [0.15, 0.2) is 97.1 Å². The molecular formula is C30H25NO4. The number of rotatable bonds is 5. The van der Waals surface area contributed by atoms with Crippen LogP contribution in [0.25, 0.3) is 0 Å². The number of benzene rings is 4. The molecule has 5 heteroatoms. The van der Waals surface area contributed by atoms with E-state index in [1.807, 2.05) is 98.8 Å². The summed E-state index contributed by atoms with van der Waals surface area (Å²) in [5.41, 5.74) is 4.64. The predicted octanol–water partition coefficient (Wildman–Crippen LogP) is 6.46. The smallest absolute Gasteiger partial charge is 0.319 e. The highest BCUT2D eigenvalue weighted by atomic mass is 16.5. The van der Waals surface area contributed by atoms with Crippen LogP contribution in [0.4, 0.5) is 5.69 Å². The maximum atomic E-state index is 13.7. The van der Waals surface area contributed by atoms with Crippen molar-refractivity contribution in [3.05, 3.63) is 125 Å². The van der Waals surface area contributed by atoms with E-state index in [0.717, 1.165) is 11.1 Å². The highest BCUT2D eigenvalue weighted by Gasteiger charge is 2.36. The van der Waals surface area contributed by atoms with Crippen LogP contribution in [0.2, 0.25) is 0 Å². The summed E-state index contributed by atoms with van der Waals surface area (Å²) in [5.74, 6) is -0.436. The van der Waals surface area contributed by atoms with Crippen molar-refractivity contribution in [1.29, 1.82) is 0 Å². The summed E-state index contributed by atoms with van der Waals surface area (Å²) in [4.78, 5) is 27.2. The normalized spacial score (nSPS) is 13.1. The molecule has 4 aromatic rings. The Balaban J connectivity index is 1.50. The van der Waals surface area contributed by atoms with E-state index in [1.54, 1.807) is 12.1 Å². The number of hydrogen-bond donors (Lipinski definition) is 1. The molecule has 0 saturated heterocycles. The van der Waals surface area contributed by atoms with E-state index >= 15 is 0 Å². The maximum absolute atomic E-state index is 13.7. The van der Waals surface area contributed by atoms with E-state index < -0.39 is 23.9 Å². The van der Waals surface area contributed by atoms with Crippen molar-refractivity contribution in [2.45, 2.75) is 25.9 Å². The van der Waals surface area contributed by atoms with Crippen molar-refractivity contribution < 1.29 is 19.1 Å². The zero-order valence-corrected chi connectivity index (χ0v) is 19.5. The van der Waals surface area contributed by atoms with Crippen LogP contribution >= 0.6 is 0 Å². The lowest BCUT2D eigenvalue weighted by atomic mass is 9.88. The van der Waals surface area contributed by atoms with Gasteiger partial charge >= 0.3 is 5.97 Å². The lowest BCUT2D eigenvalue weighted by Gasteiger charge is -2.28. The fourth-order valence-corrected chi connectivity index (χ4v) is 4.32. The quantitative estimate of drug-likeness (QED) is 0.345. The number of aryl methyl sites for hydroxylation is 2. The monoisotopic (exact) mass is 463 g/mol. The Bertz CT molecular complexity index is 1350. The van der Waals surface area contributed by atoms with Gasteiger partial charge in [0, 0.05) is 22.4 Å². The molecule has 1 aliphatic rings. The Kier molecular flexibility index (Phi) is 6.06. The molecule has 0 aromatic heterocycles. The van der Waals surface area contributed by atoms with Crippen molar-refractivity contribution >= 4 is 17.6 Å². The number of esters is 1. The lowest BCUT2D eigenvalue weighted by molar-refractivity contribution is -0.155. The predicted molar refractivity (Wildman–Crippen MR) is 135 cm³/mol. The van der Waals surface area contributed by atoms with Gasteiger partial charge in [-0.25, -0.2) is 0 Å². The van der Waals surface area contributed by atoms with Crippen molar-refractivity contribution in [2.75, 3.05) is 5.32 Å². The second-order valence-corrected chi connectivity index (χ2v) is 8.65. The molecule has 0 bridgehead atoms. The molecule has 0 aliphatic carbocycles. The molecule has 1 aliphatic heterocycles. The number of anilines is 1. The number of carbonyl (C=O) groups is 2. The van der Waals surface area contributed by atoms with E-state index in [0.29, 0.717) is 33.9 Å². The van der Waals surface area contributed by atoms with E-state index in [-0.39, 0.29) is 0 Å². The zero-order valence-electron chi connectivity index (χ0n) is 19.5. The fourth-order valence-electron chi connectivity index (χ4n) is 4.32. The van der Waals surface area contributed by atoms with Crippen LogP contribution in [-0.4, -0.2) is 11.9 Å². The number of carbonyl (C=O) groups excluding carboxylic acids is 2. The van der Waals surface area contributed by atoms with Crippen LogP contribution < -0.4 is 10.1 Å². The van der Waals surface area contributed by atoms with Crippen molar-refractivity contribution in [2.24, 2.45) is 0 Å². The van der Waals surface area contributed by atoms with Gasteiger partial charge < -0.3 is 14.8 Å². The second-order valence-electron chi connectivity index (χ2n) is 8.65. The van der Waals surface area contributed by atoms with Crippen LogP contribution in [0.1, 0.15) is 39.8 Å². The average Bonchev–Trinajstić information content (AvgIpc) is 2.88. The third kappa shape index (κ3) is 4.53. The number of nitrogens with one attached hydrogen (secondary N) is 1. The molecule has 1 amide bonds. The van der Waals surface area contributed by atoms with E-state index in [9.17, 15) is 9.59 Å². The van der Waals surface area contributed by atoms with Gasteiger partial charge in [-0.3, -0.25) is 9.59 Å². The first-order valence-corrected chi connectivity index (χ1v) is 11.5. The number of amides is 1. The largest absolute Gasteiger partial charge is 0.457 e. The molecule has 5 rings (SSSR count). The molecule has 0 unspecified atom stereocenters. The third-order valence-corrected chi connectivity index (χ3v) is 6.14. The van der Waals surface area contributed by atoms with Crippen LogP contribution in [0.3, 0.4) is 0 Å². The minimum absolute atomic E-state index is 0.410. The SMILES string of the molecule is Cc1ccc(C)c(NC(=O)[C@@H](OC(=O)C2c3ccccc3Oc3ccccc32)c2ccccc2)c1. The molecule has 1 N–H and O–H groups in total. The Hall–Kier alpha value is -4.38. The van der Waals surface area contributed by atoms with Gasteiger partial charge in [-0.1, -0.05) is 78.9 Å². The topological polar surface area (TPSA) is 64.6 Å². The van der Waals surface area contributed by atoms with E-state index in [1.165, 1.54) is 0 Å². The van der Waals surface area contributed by atoms with E-state index in [4.69, 9.17) is 9.47 Å². The molecule has 1 heterocycles. The summed E-state index contributed by atoms with van der Waals surface area (Å²) in [6.45, 7) is 3.89. The van der Waals surface area contributed by atoms with Crippen molar-refractivity contribution in [3.63, 3.8) is 0 Å². The second kappa shape index (κ2) is 9.47. The Morgan fingerprint density at radius 2 is 1.40 bits per heavy atom. The first-order chi connectivity index (χ1) is 17.0. The number of fused-ring (bicyclic) bond motifs is 2. The Morgan fingerprint density at radius 1 is 0.800 bits per heavy atom.